The van der Waals surface area contributed by atoms with E-state index in [4.69, 9.17) is 39.5 Å². The second-order valence-corrected chi connectivity index (χ2v) is 8.06. The zero-order valence-electron chi connectivity index (χ0n) is 16.7. The number of carbonyl (C=O) groups is 2. The molecule has 0 N–H and O–H groups in total. The van der Waals surface area contributed by atoms with Crippen LogP contribution in [0.3, 0.4) is 0 Å². The molecule has 0 fully saturated rings. The third kappa shape index (κ3) is 5.26. The summed E-state index contributed by atoms with van der Waals surface area (Å²) in [6.45, 7) is 3.86. The van der Waals surface area contributed by atoms with Crippen molar-refractivity contribution in [3.05, 3.63) is 85.6 Å². The number of aryl methyl sites for hydroxylation is 2. The Hall–Kier alpha value is -2.41. The van der Waals surface area contributed by atoms with Crippen LogP contribution < -0.4 is 0 Å². The average Bonchev–Trinajstić information content (AvgIpc) is 3.03. The highest BCUT2D eigenvalue weighted by Gasteiger charge is 2.21. The van der Waals surface area contributed by atoms with Crippen molar-refractivity contribution in [3.63, 3.8) is 0 Å². The molecule has 0 radical (unpaired) electrons. The second kappa shape index (κ2) is 9.81. The van der Waals surface area contributed by atoms with Gasteiger partial charge in [0.2, 0.25) is 5.78 Å². The molecule has 0 saturated carbocycles. The molecule has 0 spiro atoms. The summed E-state index contributed by atoms with van der Waals surface area (Å²) in [5, 5.41) is -0.0423. The van der Waals surface area contributed by atoms with Crippen LogP contribution in [0.25, 0.3) is 0 Å². The van der Waals surface area contributed by atoms with Gasteiger partial charge in [-0.2, -0.15) is 0 Å². The summed E-state index contributed by atoms with van der Waals surface area (Å²) in [6, 6.07) is 8.06. The van der Waals surface area contributed by atoms with Crippen molar-refractivity contribution < 1.29 is 18.7 Å². The van der Waals surface area contributed by atoms with Gasteiger partial charge in [0, 0.05) is 29.7 Å². The van der Waals surface area contributed by atoms with E-state index in [9.17, 15) is 14.0 Å². The van der Waals surface area contributed by atoms with Gasteiger partial charge in [0.1, 0.15) is 5.82 Å². The maximum Gasteiger partial charge on any atom is 0.358 e. The molecule has 31 heavy (non-hydrogen) atoms. The summed E-state index contributed by atoms with van der Waals surface area (Å²) in [6.07, 6.45) is 1.86. The Balaban J connectivity index is 1.67. The first kappa shape index (κ1) is 23.3. The van der Waals surface area contributed by atoms with Gasteiger partial charge in [-0.3, -0.25) is 4.79 Å². The van der Waals surface area contributed by atoms with Gasteiger partial charge in [0.25, 0.3) is 0 Å². The number of Topliss-reactive ketones (excluding diaryl/α,β-unsaturated/α-hetero) is 1. The number of benzene rings is 1. The highest BCUT2D eigenvalue weighted by atomic mass is 35.5. The van der Waals surface area contributed by atoms with Crippen molar-refractivity contribution in [1.82, 2.24) is 9.55 Å². The molecule has 0 bridgehead atoms. The number of ketones is 1. The molecule has 2 aromatic heterocycles. The van der Waals surface area contributed by atoms with Crippen LogP contribution in [0, 0.1) is 19.7 Å². The van der Waals surface area contributed by atoms with Crippen molar-refractivity contribution in [3.8, 4) is 0 Å². The van der Waals surface area contributed by atoms with Crippen LogP contribution in [-0.2, 0) is 17.7 Å². The normalized spacial score (nSPS) is 10.9. The summed E-state index contributed by atoms with van der Waals surface area (Å²) in [7, 11) is 0. The molecule has 5 nitrogen and oxygen atoms in total. The van der Waals surface area contributed by atoms with Crippen molar-refractivity contribution >= 4 is 46.6 Å². The van der Waals surface area contributed by atoms with Crippen LogP contribution in [0.2, 0.25) is 15.1 Å². The lowest BCUT2D eigenvalue weighted by molar-refractivity contribution is 0.0469. The fourth-order valence-corrected chi connectivity index (χ4v) is 3.74. The van der Waals surface area contributed by atoms with Gasteiger partial charge in [-0.25, -0.2) is 14.2 Å². The monoisotopic (exact) mass is 482 g/mol. The molecule has 2 heterocycles. The van der Waals surface area contributed by atoms with Crippen molar-refractivity contribution in [2.75, 3.05) is 6.61 Å². The summed E-state index contributed by atoms with van der Waals surface area (Å²) < 4.78 is 20.1. The van der Waals surface area contributed by atoms with E-state index in [2.05, 4.69) is 4.98 Å². The Labute approximate surface area is 193 Å². The van der Waals surface area contributed by atoms with Crippen LogP contribution in [0.4, 0.5) is 4.39 Å². The van der Waals surface area contributed by atoms with Crippen molar-refractivity contribution in [2.45, 2.75) is 26.8 Å². The number of pyridine rings is 1. The molecular formula is C22H18Cl3FN2O3. The Morgan fingerprint density at radius 1 is 1.10 bits per heavy atom. The lowest BCUT2D eigenvalue weighted by Gasteiger charge is -2.10. The van der Waals surface area contributed by atoms with Crippen LogP contribution in [-0.4, -0.2) is 27.9 Å². The number of esters is 1. The summed E-state index contributed by atoms with van der Waals surface area (Å²) >= 11 is 17.7. The molecule has 0 amide bonds. The van der Waals surface area contributed by atoms with Crippen LogP contribution in [0.1, 0.15) is 37.8 Å². The minimum Gasteiger partial charge on any atom is -0.453 e. The smallest absolute Gasteiger partial charge is 0.358 e. The van der Waals surface area contributed by atoms with Gasteiger partial charge in [-0.05, 0) is 44.0 Å². The van der Waals surface area contributed by atoms with Gasteiger partial charge in [-0.1, -0.05) is 46.9 Å². The van der Waals surface area contributed by atoms with Crippen LogP contribution in [0.15, 0.2) is 36.5 Å². The zero-order valence-corrected chi connectivity index (χ0v) is 19.0. The number of nitrogens with zero attached hydrogens (tertiary/aromatic N) is 2. The van der Waals surface area contributed by atoms with E-state index in [0.29, 0.717) is 18.5 Å². The van der Waals surface area contributed by atoms with E-state index in [1.165, 1.54) is 18.3 Å². The Morgan fingerprint density at radius 2 is 1.77 bits per heavy atom. The Bertz CT molecular complexity index is 1140. The fraction of sp³-hybridized carbons (Fsp3) is 0.227. The summed E-state index contributed by atoms with van der Waals surface area (Å²) in [5.74, 6) is -1.51. The van der Waals surface area contributed by atoms with Gasteiger partial charge in [0.15, 0.2) is 12.3 Å². The molecule has 9 heteroatoms. The van der Waals surface area contributed by atoms with E-state index in [1.54, 1.807) is 18.2 Å². The van der Waals surface area contributed by atoms with Gasteiger partial charge in [-0.15, -0.1) is 0 Å². The molecule has 3 aromatic rings. The summed E-state index contributed by atoms with van der Waals surface area (Å²) in [5.41, 5.74) is 2.88. The molecular weight excluding hydrogens is 466 g/mol. The zero-order chi connectivity index (χ0) is 22.7. The third-order valence-corrected chi connectivity index (χ3v) is 6.10. The molecule has 162 valence electrons. The average molecular weight is 484 g/mol. The Kier molecular flexibility index (Phi) is 7.36. The number of carbonyl (C=O) groups excluding carboxylic acids is 2. The van der Waals surface area contributed by atoms with E-state index in [0.717, 1.165) is 17.0 Å². The van der Waals surface area contributed by atoms with Crippen LogP contribution >= 0.6 is 34.8 Å². The minimum absolute atomic E-state index is 0.0127. The van der Waals surface area contributed by atoms with Crippen molar-refractivity contribution in [2.24, 2.45) is 0 Å². The van der Waals surface area contributed by atoms with E-state index in [-0.39, 0.29) is 32.4 Å². The Morgan fingerprint density at radius 3 is 2.45 bits per heavy atom. The summed E-state index contributed by atoms with van der Waals surface area (Å²) in [4.78, 5) is 28.7. The second-order valence-electron chi connectivity index (χ2n) is 6.89. The molecule has 0 aliphatic rings. The van der Waals surface area contributed by atoms with E-state index < -0.39 is 12.6 Å². The number of ether oxygens (including phenoxy) is 1. The van der Waals surface area contributed by atoms with Gasteiger partial charge < -0.3 is 9.30 Å². The standard InChI is InChI=1S/C22H18Cl3FN2O3/c1-12-9-16(13(2)28(12)8-7-14-3-5-15(26)6-4-14)18(29)11-31-22(30)21-20(25)19(24)17(23)10-27-21/h3-6,9-10H,7-8,11H2,1-2H3. The predicted molar refractivity (Wildman–Crippen MR) is 118 cm³/mol. The van der Waals surface area contributed by atoms with E-state index >= 15 is 0 Å². The largest absolute Gasteiger partial charge is 0.453 e. The van der Waals surface area contributed by atoms with E-state index in [1.807, 2.05) is 18.4 Å². The molecule has 0 aliphatic carbocycles. The SMILES string of the molecule is Cc1cc(C(=O)COC(=O)c2ncc(Cl)c(Cl)c2Cl)c(C)n1CCc1ccc(F)cc1. The molecule has 0 atom stereocenters. The maximum absolute atomic E-state index is 13.1. The molecule has 1 aromatic carbocycles. The first-order valence-electron chi connectivity index (χ1n) is 9.30. The number of hydrogen-bond donors (Lipinski definition) is 0. The highest BCUT2D eigenvalue weighted by molar-refractivity contribution is 6.48. The molecule has 3 rings (SSSR count). The number of rotatable bonds is 7. The number of halogens is 4. The first-order chi connectivity index (χ1) is 14.7. The predicted octanol–water partition coefficient (Wildman–Crippen LogP) is 5.88. The minimum atomic E-state index is -0.873. The number of hydrogen-bond acceptors (Lipinski definition) is 4. The van der Waals surface area contributed by atoms with Crippen LogP contribution in [0.5, 0.6) is 0 Å². The lowest BCUT2D eigenvalue weighted by atomic mass is 10.1. The maximum atomic E-state index is 13.1. The van der Waals surface area contributed by atoms with Crippen molar-refractivity contribution in [1.29, 1.82) is 0 Å². The third-order valence-electron chi connectivity index (χ3n) is 4.86. The first-order valence-corrected chi connectivity index (χ1v) is 10.4. The molecule has 0 saturated heterocycles. The highest BCUT2D eigenvalue weighted by Crippen LogP contribution is 2.31. The fourth-order valence-electron chi connectivity index (χ4n) is 3.18. The van der Waals surface area contributed by atoms with Gasteiger partial charge >= 0.3 is 5.97 Å². The lowest BCUT2D eigenvalue weighted by Crippen LogP contribution is -2.16. The topological polar surface area (TPSA) is 61.2 Å². The molecule has 0 aliphatic heterocycles. The molecule has 0 unspecified atom stereocenters. The number of aromatic nitrogens is 2. The van der Waals surface area contributed by atoms with Gasteiger partial charge in [0.05, 0.1) is 15.1 Å². The quantitative estimate of drug-likeness (QED) is 0.311.